The van der Waals surface area contributed by atoms with Crippen LogP contribution in [0, 0.1) is 5.82 Å². The van der Waals surface area contributed by atoms with Gasteiger partial charge in [0.05, 0.1) is 7.11 Å². The molecule has 0 aliphatic rings. The third-order valence-corrected chi connectivity index (χ3v) is 4.29. The second-order valence-corrected chi connectivity index (χ2v) is 5.50. The van der Waals surface area contributed by atoms with E-state index in [-0.39, 0.29) is 11.9 Å². The number of nitrogens with one attached hydrogen (secondary N) is 1. The lowest BCUT2D eigenvalue weighted by Gasteiger charge is -2.15. The highest BCUT2D eigenvalue weighted by atomic mass is 32.1. The fraction of sp³-hybridized carbons (Fsp3) is 0.143. The second-order valence-electron chi connectivity index (χ2n) is 4.38. The lowest BCUT2D eigenvalue weighted by atomic mass is 10.1. The second kappa shape index (κ2) is 5.72. The number of halogens is 1. The molecule has 0 saturated carbocycles. The Labute approximate surface area is 124 Å². The first-order valence-corrected chi connectivity index (χ1v) is 7.04. The van der Waals surface area contributed by atoms with Gasteiger partial charge in [0.25, 0.3) is 0 Å². The van der Waals surface area contributed by atoms with E-state index in [9.17, 15) is 4.39 Å². The number of hydrogen-bond acceptors (Lipinski definition) is 6. The van der Waals surface area contributed by atoms with Gasteiger partial charge in [-0.15, -0.1) is 11.3 Å². The van der Waals surface area contributed by atoms with Crippen molar-refractivity contribution >= 4 is 21.4 Å². The van der Waals surface area contributed by atoms with Crippen molar-refractivity contribution in [3.63, 3.8) is 0 Å². The molecular formula is C14H13FN4OS. The number of benzene rings is 1. The Hall–Kier alpha value is -2.09. The zero-order chi connectivity index (χ0) is 14.8. The molecule has 0 spiro atoms. The molecule has 21 heavy (non-hydrogen) atoms. The van der Waals surface area contributed by atoms with Crippen LogP contribution in [-0.2, 0) is 0 Å². The number of nitrogens with two attached hydrogens (primary N) is 1. The minimum Gasteiger partial charge on any atom is -0.480 e. The molecular weight excluding hydrogens is 291 g/mol. The van der Waals surface area contributed by atoms with E-state index in [4.69, 9.17) is 10.6 Å². The summed E-state index contributed by atoms with van der Waals surface area (Å²) in [4.78, 5) is 9.33. The van der Waals surface area contributed by atoms with E-state index in [1.807, 2.05) is 6.07 Å². The fourth-order valence-corrected chi connectivity index (χ4v) is 3.27. The SMILES string of the molecule is COc1nccnc1C(NN)c1cc2cc(F)ccc2s1. The normalized spacial score (nSPS) is 12.5. The number of hydrazine groups is 1. The van der Waals surface area contributed by atoms with Gasteiger partial charge in [-0.25, -0.2) is 14.8 Å². The molecule has 1 unspecified atom stereocenters. The van der Waals surface area contributed by atoms with Gasteiger partial charge in [-0.2, -0.15) is 0 Å². The molecule has 1 aromatic carbocycles. The maximum Gasteiger partial charge on any atom is 0.237 e. The Morgan fingerprint density at radius 1 is 1.29 bits per heavy atom. The van der Waals surface area contributed by atoms with Gasteiger partial charge in [-0.1, -0.05) is 0 Å². The van der Waals surface area contributed by atoms with Crippen LogP contribution >= 0.6 is 11.3 Å². The summed E-state index contributed by atoms with van der Waals surface area (Å²) >= 11 is 1.52. The molecule has 3 aromatic rings. The maximum absolute atomic E-state index is 13.3. The van der Waals surface area contributed by atoms with Crippen LogP contribution in [-0.4, -0.2) is 17.1 Å². The number of methoxy groups -OCH3 is 1. The van der Waals surface area contributed by atoms with Crippen LogP contribution < -0.4 is 16.0 Å². The van der Waals surface area contributed by atoms with Gasteiger partial charge in [0.2, 0.25) is 5.88 Å². The van der Waals surface area contributed by atoms with Crippen molar-refractivity contribution in [2.24, 2.45) is 5.84 Å². The zero-order valence-corrected chi connectivity index (χ0v) is 12.0. The van der Waals surface area contributed by atoms with Gasteiger partial charge in [0.1, 0.15) is 17.6 Å². The summed E-state index contributed by atoms with van der Waals surface area (Å²) in [5.41, 5.74) is 3.31. The monoisotopic (exact) mass is 304 g/mol. The first kappa shape index (κ1) is 13.9. The number of thiophene rings is 1. The van der Waals surface area contributed by atoms with Crippen molar-refractivity contribution in [1.29, 1.82) is 0 Å². The van der Waals surface area contributed by atoms with Gasteiger partial charge in [-0.3, -0.25) is 10.8 Å². The molecule has 0 saturated heterocycles. The summed E-state index contributed by atoms with van der Waals surface area (Å²) < 4.78 is 19.5. The highest BCUT2D eigenvalue weighted by Gasteiger charge is 2.21. The summed E-state index contributed by atoms with van der Waals surface area (Å²) in [7, 11) is 1.53. The molecule has 0 amide bonds. The van der Waals surface area contributed by atoms with E-state index in [1.54, 1.807) is 18.5 Å². The predicted molar refractivity (Wildman–Crippen MR) is 79.5 cm³/mol. The van der Waals surface area contributed by atoms with Gasteiger partial charge in [0.15, 0.2) is 0 Å². The smallest absolute Gasteiger partial charge is 0.237 e. The lowest BCUT2D eigenvalue weighted by molar-refractivity contribution is 0.383. The Morgan fingerprint density at radius 2 is 2.10 bits per heavy atom. The summed E-state index contributed by atoms with van der Waals surface area (Å²) in [6, 6.07) is 6.21. The molecule has 2 aromatic heterocycles. The van der Waals surface area contributed by atoms with Gasteiger partial charge in [-0.05, 0) is 29.7 Å². The fourth-order valence-electron chi connectivity index (χ4n) is 2.16. The predicted octanol–water partition coefficient (Wildman–Crippen LogP) is 2.39. The third kappa shape index (κ3) is 2.58. The minimum atomic E-state index is -0.367. The molecule has 5 nitrogen and oxygen atoms in total. The molecule has 3 N–H and O–H groups in total. The van der Waals surface area contributed by atoms with E-state index in [0.717, 1.165) is 15.0 Å². The summed E-state index contributed by atoms with van der Waals surface area (Å²) in [5, 5.41) is 0.832. The van der Waals surface area contributed by atoms with Crippen LogP contribution in [0.15, 0.2) is 36.7 Å². The largest absolute Gasteiger partial charge is 0.480 e. The van der Waals surface area contributed by atoms with Crippen LogP contribution in [0.1, 0.15) is 16.6 Å². The molecule has 7 heteroatoms. The molecule has 0 fully saturated rings. The Balaban J connectivity index is 2.09. The Bertz CT molecular complexity index is 777. The van der Waals surface area contributed by atoms with E-state index in [1.165, 1.54) is 30.6 Å². The first-order chi connectivity index (χ1) is 10.2. The lowest BCUT2D eigenvalue weighted by Crippen LogP contribution is -2.29. The van der Waals surface area contributed by atoms with Crippen LogP contribution in [0.3, 0.4) is 0 Å². The number of ether oxygens (including phenoxy) is 1. The van der Waals surface area contributed by atoms with Crippen LogP contribution in [0.2, 0.25) is 0 Å². The van der Waals surface area contributed by atoms with E-state index in [0.29, 0.717) is 11.6 Å². The van der Waals surface area contributed by atoms with Crippen molar-refractivity contribution in [2.75, 3.05) is 7.11 Å². The highest BCUT2D eigenvalue weighted by Crippen LogP contribution is 2.34. The first-order valence-electron chi connectivity index (χ1n) is 6.23. The average Bonchev–Trinajstić information content (AvgIpc) is 2.91. The van der Waals surface area contributed by atoms with Crippen LogP contribution in [0.4, 0.5) is 4.39 Å². The quantitative estimate of drug-likeness (QED) is 0.572. The van der Waals surface area contributed by atoms with Crippen LogP contribution in [0.25, 0.3) is 10.1 Å². The standard InChI is InChI=1S/C14H13FN4OS/c1-20-14-13(17-4-5-18-14)12(19-16)11-7-8-6-9(15)2-3-10(8)21-11/h2-7,12,19H,16H2,1H3. The van der Waals surface area contributed by atoms with Crippen LogP contribution in [0.5, 0.6) is 5.88 Å². The van der Waals surface area contributed by atoms with Crippen molar-refractivity contribution in [2.45, 2.75) is 6.04 Å². The average molecular weight is 304 g/mol. The summed E-state index contributed by atoms with van der Waals surface area (Å²) in [6.07, 6.45) is 3.13. The van der Waals surface area contributed by atoms with Gasteiger partial charge >= 0.3 is 0 Å². The molecule has 1 atom stereocenters. The third-order valence-electron chi connectivity index (χ3n) is 3.11. The molecule has 0 aliphatic heterocycles. The summed E-state index contributed by atoms with van der Waals surface area (Å²) in [5.74, 6) is 5.82. The van der Waals surface area contributed by atoms with E-state index in [2.05, 4.69) is 15.4 Å². The molecule has 0 bridgehead atoms. The zero-order valence-electron chi connectivity index (χ0n) is 11.2. The summed E-state index contributed by atoms with van der Waals surface area (Å²) in [6.45, 7) is 0. The van der Waals surface area contributed by atoms with Crippen molar-refractivity contribution in [3.05, 3.63) is 53.0 Å². The van der Waals surface area contributed by atoms with E-state index < -0.39 is 0 Å². The van der Waals surface area contributed by atoms with E-state index >= 15 is 0 Å². The number of aromatic nitrogens is 2. The molecule has 3 rings (SSSR count). The van der Waals surface area contributed by atoms with Gasteiger partial charge < -0.3 is 4.74 Å². The Morgan fingerprint density at radius 3 is 2.86 bits per heavy atom. The number of hydrogen-bond donors (Lipinski definition) is 2. The maximum atomic E-state index is 13.3. The van der Waals surface area contributed by atoms with Crippen molar-refractivity contribution in [3.8, 4) is 5.88 Å². The molecule has 108 valence electrons. The number of fused-ring (bicyclic) bond motifs is 1. The minimum absolute atomic E-state index is 0.263. The molecule has 0 radical (unpaired) electrons. The molecule has 2 heterocycles. The van der Waals surface area contributed by atoms with Crippen molar-refractivity contribution < 1.29 is 9.13 Å². The Kier molecular flexibility index (Phi) is 3.78. The topological polar surface area (TPSA) is 73.1 Å². The number of rotatable bonds is 4. The molecule has 0 aliphatic carbocycles. The van der Waals surface area contributed by atoms with Gasteiger partial charge in [0, 0.05) is 22.0 Å². The van der Waals surface area contributed by atoms with Crippen molar-refractivity contribution in [1.82, 2.24) is 15.4 Å². The number of nitrogens with zero attached hydrogens (tertiary/aromatic N) is 2. The highest BCUT2D eigenvalue weighted by molar-refractivity contribution is 7.19.